The van der Waals surface area contributed by atoms with Gasteiger partial charge < -0.3 is 5.32 Å². The Morgan fingerprint density at radius 1 is 1.09 bits per heavy atom. The normalized spacial score (nSPS) is 16.2. The van der Waals surface area contributed by atoms with Gasteiger partial charge in [-0.3, -0.25) is 29.1 Å². The van der Waals surface area contributed by atoms with Crippen molar-refractivity contribution in [3.05, 3.63) is 74.8 Å². The van der Waals surface area contributed by atoms with E-state index in [0.29, 0.717) is 22.3 Å². The van der Waals surface area contributed by atoms with E-state index in [4.69, 9.17) is 0 Å². The van der Waals surface area contributed by atoms with E-state index in [2.05, 4.69) is 15.6 Å². The molecule has 8 nitrogen and oxygen atoms in total. The van der Waals surface area contributed by atoms with Crippen LogP contribution in [0.2, 0.25) is 0 Å². The number of benzene rings is 2. The van der Waals surface area contributed by atoms with Crippen LogP contribution in [0.15, 0.2) is 41.2 Å². The topological polar surface area (TPSA) is 110 Å². The predicted octanol–water partition coefficient (Wildman–Crippen LogP) is 2.23. The van der Waals surface area contributed by atoms with E-state index in [1.165, 1.54) is 4.57 Å². The highest BCUT2D eigenvalue weighted by atomic mass is 16.2. The summed E-state index contributed by atoms with van der Waals surface area (Å²) < 4.78 is 1.35. The molecular formula is C24H24N4O4. The lowest BCUT2D eigenvalue weighted by atomic mass is 10.0. The van der Waals surface area contributed by atoms with Crippen LogP contribution in [0.3, 0.4) is 0 Å². The Labute approximate surface area is 184 Å². The van der Waals surface area contributed by atoms with Crippen molar-refractivity contribution in [2.45, 2.75) is 46.2 Å². The van der Waals surface area contributed by atoms with Crippen LogP contribution in [0.5, 0.6) is 0 Å². The number of carbonyl (C=O) groups excluding carboxylic acids is 3. The summed E-state index contributed by atoms with van der Waals surface area (Å²) in [5.41, 5.74) is 3.65. The molecule has 3 aromatic rings. The Kier molecular flexibility index (Phi) is 5.61. The summed E-state index contributed by atoms with van der Waals surface area (Å²) in [4.78, 5) is 54.0. The van der Waals surface area contributed by atoms with Crippen molar-refractivity contribution < 1.29 is 14.4 Å². The van der Waals surface area contributed by atoms with Gasteiger partial charge in [-0.15, -0.1) is 0 Å². The predicted molar refractivity (Wildman–Crippen MR) is 119 cm³/mol. The highest BCUT2D eigenvalue weighted by Gasteiger charge is 2.30. The van der Waals surface area contributed by atoms with Crippen molar-refractivity contribution in [1.82, 2.24) is 20.2 Å². The summed E-state index contributed by atoms with van der Waals surface area (Å²) in [6.45, 7) is 5.86. The summed E-state index contributed by atoms with van der Waals surface area (Å²) in [7, 11) is 0. The van der Waals surface area contributed by atoms with Gasteiger partial charge in [-0.05, 0) is 68.1 Å². The fourth-order valence-electron chi connectivity index (χ4n) is 3.93. The van der Waals surface area contributed by atoms with Crippen LogP contribution in [-0.4, -0.2) is 27.3 Å². The molecule has 1 aliphatic rings. The first-order chi connectivity index (χ1) is 15.2. The molecule has 8 heteroatoms. The largest absolute Gasteiger partial charge is 0.348 e. The molecule has 2 aromatic carbocycles. The minimum Gasteiger partial charge on any atom is -0.348 e. The number of hydrogen-bond donors (Lipinski definition) is 2. The summed E-state index contributed by atoms with van der Waals surface area (Å²) in [5.74, 6) is -0.624. The lowest BCUT2D eigenvalue weighted by Crippen LogP contribution is -2.45. The maximum absolute atomic E-state index is 13.2. The SMILES string of the molecule is Cc1ccc(C(=O)NCc2ccc3nc(C)n([C@@H]4CCC(=O)NC4=O)c(=O)c3c2)cc1C. The van der Waals surface area contributed by atoms with E-state index in [1.807, 2.05) is 32.0 Å². The van der Waals surface area contributed by atoms with E-state index >= 15 is 0 Å². The Morgan fingerprint density at radius 3 is 2.59 bits per heavy atom. The van der Waals surface area contributed by atoms with Gasteiger partial charge in [0.1, 0.15) is 11.9 Å². The Morgan fingerprint density at radius 2 is 1.88 bits per heavy atom. The molecule has 1 aliphatic heterocycles. The molecule has 164 valence electrons. The first-order valence-electron chi connectivity index (χ1n) is 10.5. The number of aromatic nitrogens is 2. The zero-order valence-electron chi connectivity index (χ0n) is 18.2. The lowest BCUT2D eigenvalue weighted by Gasteiger charge is -2.24. The first kappa shape index (κ1) is 21.4. The molecule has 1 aromatic heterocycles. The van der Waals surface area contributed by atoms with Crippen LogP contribution >= 0.6 is 0 Å². The third kappa shape index (κ3) is 4.03. The van der Waals surface area contributed by atoms with Gasteiger partial charge in [-0.2, -0.15) is 0 Å². The van der Waals surface area contributed by atoms with Crippen molar-refractivity contribution in [2.24, 2.45) is 0 Å². The monoisotopic (exact) mass is 432 g/mol. The molecule has 0 aliphatic carbocycles. The maximum Gasteiger partial charge on any atom is 0.262 e. The van der Waals surface area contributed by atoms with E-state index in [0.717, 1.165) is 16.7 Å². The highest BCUT2D eigenvalue weighted by Crippen LogP contribution is 2.20. The number of nitrogens with zero attached hydrogens (tertiary/aromatic N) is 2. The third-order valence-corrected chi connectivity index (χ3v) is 5.89. The molecule has 2 heterocycles. The van der Waals surface area contributed by atoms with Crippen molar-refractivity contribution in [2.75, 3.05) is 0 Å². The average Bonchev–Trinajstić information content (AvgIpc) is 2.75. The van der Waals surface area contributed by atoms with Crippen LogP contribution in [0.25, 0.3) is 10.9 Å². The molecule has 3 amide bonds. The second-order valence-corrected chi connectivity index (χ2v) is 8.13. The highest BCUT2D eigenvalue weighted by molar-refractivity contribution is 5.99. The number of hydrogen-bond acceptors (Lipinski definition) is 5. The molecule has 0 bridgehead atoms. The van der Waals surface area contributed by atoms with Crippen molar-refractivity contribution >= 4 is 28.6 Å². The molecule has 0 unspecified atom stereocenters. The van der Waals surface area contributed by atoms with E-state index in [-0.39, 0.29) is 36.8 Å². The molecule has 1 saturated heterocycles. The molecular weight excluding hydrogens is 408 g/mol. The van der Waals surface area contributed by atoms with Gasteiger partial charge in [0.05, 0.1) is 10.9 Å². The van der Waals surface area contributed by atoms with Crippen molar-refractivity contribution in [3.63, 3.8) is 0 Å². The molecule has 1 atom stereocenters. The number of amides is 3. The van der Waals surface area contributed by atoms with Crippen LogP contribution in [-0.2, 0) is 16.1 Å². The number of aryl methyl sites for hydroxylation is 3. The van der Waals surface area contributed by atoms with Crippen LogP contribution in [0.4, 0.5) is 0 Å². The quantitative estimate of drug-likeness (QED) is 0.615. The number of imide groups is 1. The molecule has 4 rings (SSSR count). The summed E-state index contributed by atoms with van der Waals surface area (Å²) in [6, 6.07) is 9.99. The maximum atomic E-state index is 13.2. The van der Waals surface area contributed by atoms with Gasteiger partial charge in [-0.25, -0.2) is 4.98 Å². The van der Waals surface area contributed by atoms with Gasteiger partial charge in [-0.1, -0.05) is 12.1 Å². The number of rotatable bonds is 4. The van der Waals surface area contributed by atoms with Crippen LogP contribution < -0.4 is 16.2 Å². The number of nitrogens with one attached hydrogen (secondary N) is 2. The second kappa shape index (κ2) is 8.37. The Bertz CT molecular complexity index is 1330. The molecule has 1 fully saturated rings. The smallest absolute Gasteiger partial charge is 0.262 e. The van der Waals surface area contributed by atoms with Gasteiger partial charge in [0, 0.05) is 18.5 Å². The van der Waals surface area contributed by atoms with Crippen LogP contribution in [0, 0.1) is 20.8 Å². The number of fused-ring (bicyclic) bond motifs is 1. The van der Waals surface area contributed by atoms with Gasteiger partial charge >= 0.3 is 0 Å². The molecule has 0 radical (unpaired) electrons. The molecule has 32 heavy (non-hydrogen) atoms. The van der Waals surface area contributed by atoms with E-state index in [9.17, 15) is 19.2 Å². The summed E-state index contributed by atoms with van der Waals surface area (Å²) >= 11 is 0. The second-order valence-electron chi connectivity index (χ2n) is 8.13. The van der Waals surface area contributed by atoms with Crippen LogP contribution in [0.1, 0.15) is 51.8 Å². The zero-order chi connectivity index (χ0) is 23.0. The zero-order valence-corrected chi connectivity index (χ0v) is 18.2. The Balaban J connectivity index is 1.61. The fraction of sp³-hybridized carbons (Fsp3) is 0.292. The minimum absolute atomic E-state index is 0.172. The number of piperidine rings is 1. The third-order valence-electron chi connectivity index (χ3n) is 5.89. The standard InChI is InChI=1S/C24H24N4O4/c1-13-4-6-17(10-14(13)2)22(30)25-12-16-5-7-19-18(11-16)24(32)28(15(3)26-19)20-8-9-21(29)27-23(20)31/h4-7,10-11,20H,8-9,12H2,1-3H3,(H,25,30)(H,27,29,31)/t20-/m1/s1. The number of carbonyl (C=O) groups is 3. The Hall–Kier alpha value is -3.81. The van der Waals surface area contributed by atoms with Gasteiger partial charge in [0.15, 0.2) is 0 Å². The summed E-state index contributed by atoms with van der Waals surface area (Å²) in [6.07, 6.45) is 0.426. The van der Waals surface area contributed by atoms with Crippen molar-refractivity contribution in [1.29, 1.82) is 0 Å². The summed E-state index contributed by atoms with van der Waals surface area (Å²) in [5, 5.41) is 5.52. The fourth-order valence-corrected chi connectivity index (χ4v) is 3.93. The minimum atomic E-state index is -0.773. The first-order valence-corrected chi connectivity index (χ1v) is 10.5. The molecule has 0 spiro atoms. The lowest BCUT2D eigenvalue weighted by molar-refractivity contribution is -0.135. The van der Waals surface area contributed by atoms with Crippen molar-refractivity contribution in [3.8, 4) is 0 Å². The molecule has 0 saturated carbocycles. The molecule has 2 N–H and O–H groups in total. The van der Waals surface area contributed by atoms with Gasteiger partial charge in [0.25, 0.3) is 11.5 Å². The van der Waals surface area contributed by atoms with E-state index in [1.54, 1.807) is 25.1 Å². The van der Waals surface area contributed by atoms with E-state index < -0.39 is 11.9 Å². The van der Waals surface area contributed by atoms with Gasteiger partial charge in [0.2, 0.25) is 11.8 Å². The average molecular weight is 432 g/mol.